The lowest BCUT2D eigenvalue weighted by Gasteiger charge is -2.26. The minimum atomic E-state index is -4.01. The van der Waals surface area contributed by atoms with Crippen LogP contribution >= 0.6 is 42.4 Å². The second-order valence-corrected chi connectivity index (χ2v) is 7.50. The van der Waals surface area contributed by atoms with Gasteiger partial charge in [-0.1, -0.05) is 20.3 Å². The molecule has 0 saturated carbocycles. The largest absolute Gasteiger partial charge is 0.777 e. The van der Waals surface area contributed by atoms with Gasteiger partial charge in [0, 0.05) is 12.5 Å². The van der Waals surface area contributed by atoms with Crippen LogP contribution in [0.3, 0.4) is 0 Å². The van der Waals surface area contributed by atoms with Crippen molar-refractivity contribution in [1.29, 1.82) is 0 Å². The van der Waals surface area contributed by atoms with Crippen LogP contribution in [0.15, 0.2) is 0 Å². The van der Waals surface area contributed by atoms with Crippen LogP contribution in [0.1, 0.15) is 26.7 Å². The third-order valence-corrected chi connectivity index (χ3v) is 5.24. The zero-order valence-corrected chi connectivity index (χ0v) is 14.4. The lowest BCUT2D eigenvalue weighted by atomic mass is 10.1. The summed E-state index contributed by atoms with van der Waals surface area (Å²) >= 11 is 17.7. The van der Waals surface area contributed by atoms with E-state index >= 15 is 0 Å². The quantitative estimate of drug-likeness (QED) is 0.324. The number of ether oxygens (including phenoxy) is 1. The minimum absolute atomic E-state index is 0.0266. The van der Waals surface area contributed by atoms with E-state index in [1.165, 1.54) is 0 Å². The molecule has 0 radical (unpaired) electrons. The fourth-order valence-electron chi connectivity index (χ4n) is 1.18. The number of alkyl halides is 3. The molecule has 0 fully saturated rings. The summed E-state index contributed by atoms with van der Waals surface area (Å²) in [6.07, 6.45) is 1.32. The standard InChI is InChI=1S/C11H22Cl3O4P/c1-3-4-5-17-8-19(15,16)18-7-10(13)11(14)9(2)6-12/h9-11H,3-8H2,1-2H3,(H,15,16)/p-1. The molecule has 19 heavy (non-hydrogen) atoms. The molecule has 4 unspecified atom stereocenters. The van der Waals surface area contributed by atoms with Crippen molar-refractivity contribution in [3.8, 4) is 0 Å². The first-order valence-corrected chi connectivity index (χ1v) is 9.34. The molecular formula is C11H21Cl3O4P-. The van der Waals surface area contributed by atoms with Crippen molar-refractivity contribution < 1.29 is 18.7 Å². The van der Waals surface area contributed by atoms with Gasteiger partial charge >= 0.3 is 0 Å². The Morgan fingerprint density at radius 1 is 1.37 bits per heavy atom. The van der Waals surface area contributed by atoms with Crippen molar-refractivity contribution in [3.63, 3.8) is 0 Å². The van der Waals surface area contributed by atoms with Crippen LogP contribution in [-0.2, 0) is 13.8 Å². The Bertz CT molecular complexity index is 281. The van der Waals surface area contributed by atoms with Crippen LogP contribution in [0, 0.1) is 5.92 Å². The fourth-order valence-corrected chi connectivity index (χ4v) is 2.84. The molecule has 0 saturated heterocycles. The SMILES string of the molecule is CCCCOCP(=O)([O-])OCC(Cl)C(Cl)C(C)CCl. The summed E-state index contributed by atoms with van der Waals surface area (Å²) in [6.45, 7) is 4.06. The van der Waals surface area contributed by atoms with E-state index in [0.29, 0.717) is 12.5 Å². The van der Waals surface area contributed by atoms with Gasteiger partial charge in [-0.2, -0.15) is 0 Å². The van der Waals surface area contributed by atoms with Crippen LogP contribution in [0.4, 0.5) is 0 Å². The van der Waals surface area contributed by atoms with Gasteiger partial charge in [0.25, 0.3) is 0 Å². The van der Waals surface area contributed by atoms with E-state index in [0.717, 1.165) is 12.8 Å². The van der Waals surface area contributed by atoms with Crippen molar-refractivity contribution in [3.05, 3.63) is 0 Å². The summed E-state index contributed by atoms with van der Waals surface area (Å²) in [4.78, 5) is 11.5. The normalized spacial score (nSPS) is 19.7. The van der Waals surface area contributed by atoms with Crippen molar-refractivity contribution in [2.45, 2.75) is 37.4 Å². The molecule has 0 spiro atoms. The summed E-state index contributed by atoms with van der Waals surface area (Å²) in [5, 5.41) is -1.06. The highest BCUT2D eigenvalue weighted by molar-refractivity contribution is 7.51. The molecule has 0 aromatic heterocycles. The molecule has 0 aliphatic carbocycles. The van der Waals surface area contributed by atoms with E-state index < -0.39 is 24.7 Å². The second-order valence-electron chi connectivity index (χ2n) is 4.39. The van der Waals surface area contributed by atoms with Gasteiger partial charge in [0.05, 0.1) is 17.4 Å². The van der Waals surface area contributed by atoms with Gasteiger partial charge in [0.15, 0.2) is 7.60 Å². The molecule has 0 N–H and O–H groups in total. The molecule has 0 aliphatic rings. The summed E-state index contributed by atoms with van der Waals surface area (Å²) in [5.74, 6) is 0.327. The van der Waals surface area contributed by atoms with Gasteiger partial charge in [0.1, 0.15) is 6.35 Å². The highest BCUT2D eigenvalue weighted by Gasteiger charge is 2.24. The van der Waals surface area contributed by atoms with E-state index in [1.54, 1.807) is 0 Å². The molecular weight excluding hydrogens is 333 g/mol. The number of halogens is 3. The maximum atomic E-state index is 11.5. The van der Waals surface area contributed by atoms with E-state index in [2.05, 4.69) is 0 Å². The zero-order chi connectivity index (χ0) is 14.9. The maximum absolute atomic E-state index is 11.5. The highest BCUT2D eigenvalue weighted by Crippen LogP contribution is 2.38. The molecule has 4 nitrogen and oxygen atoms in total. The Balaban J connectivity index is 3.98. The highest BCUT2D eigenvalue weighted by atomic mass is 35.5. The Hall–Kier alpha value is 0.980. The number of rotatable bonds is 11. The number of hydrogen-bond donors (Lipinski definition) is 0. The van der Waals surface area contributed by atoms with Gasteiger partial charge in [-0.05, 0) is 12.3 Å². The Labute approximate surface area is 130 Å². The Kier molecular flexibility index (Phi) is 11.2. The molecule has 0 aromatic rings. The Morgan fingerprint density at radius 3 is 2.53 bits per heavy atom. The molecule has 8 heteroatoms. The van der Waals surface area contributed by atoms with E-state index in [4.69, 9.17) is 44.1 Å². The molecule has 4 atom stereocenters. The number of unbranched alkanes of at least 4 members (excludes halogenated alkanes) is 1. The van der Waals surface area contributed by atoms with E-state index in [9.17, 15) is 9.46 Å². The predicted octanol–water partition coefficient (Wildman–Crippen LogP) is 3.42. The Morgan fingerprint density at radius 2 is 2.00 bits per heavy atom. The van der Waals surface area contributed by atoms with Crippen LogP contribution in [0.25, 0.3) is 0 Å². The molecule has 0 bridgehead atoms. The third-order valence-electron chi connectivity index (χ3n) is 2.45. The first-order valence-electron chi connectivity index (χ1n) is 6.20. The molecule has 0 aromatic carbocycles. The summed E-state index contributed by atoms with van der Waals surface area (Å²) in [5.41, 5.74) is 0. The van der Waals surface area contributed by atoms with Crippen LogP contribution in [-0.4, -0.2) is 36.2 Å². The maximum Gasteiger partial charge on any atom is 0.160 e. The van der Waals surface area contributed by atoms with Crippen LogP contribution in [0.2, 0.25) is 0 Å². The van der Waals surface area contributed by atoms with Gasteiger partial charge in [0.2, 0.25) is 0 Å². The van der Waals surface area contributed by atoms with Gasteiger partial charge in [-0.3, -0.25) is 0 Å². The zero-order valence-electron chi connectivity index (χ0n) is 11.2. The molecule has 0 amide bonds. The average Bonchev–Trinajstić information content (AvgIpc) is 2.39. The fraction of sp³-hybridized carbons (Fsp3) is 1.00. The number of hydrogen-bond acceptors (Lipinski definition) is 4. The molecule has 0 rings (SSSR count). The lowest BCUT2D eigenvalue weighted by Crippen LogP contribution is -2.28. The van der Waals surface area contributed by atoms with Crippen molar-refractivity contribution in [2.24, 2.45) is 5.92 Å². The van der Waals surface area contributed by atoms with Crippen molar-refractivity contribution in [1.82, 2.24) is 0 Å². The summed E-state index contributed by atoms with van der Waals surface area (Å²) in [6, 6.07) is 0. The topological polar surface area (TPSA) is 58.6 Å². The van der Waals surface area contributed by atoms with E-state index in [-0.39, 0.29) is 12.5 Å². The van der Waals surface area contributed by atoms with Gasteiger partial charge < -0.3 is 18.7 Å². The van der Waals surface area contributed by atoms with Crippen LogP contribution < -0.4 is 4.89 Å². The van der Waals surface area contributed by atoms with Crippen molar-refractivity contribution in [2.75, 3.05) is 25.4 Å². The second kappa shape index (κ2) is 10.7. The molecule has 0 heterocycles. The van der Waals surface area contributed by atoms with Crippen LogP contribution in [0.5, 0.6) is 0 Å². The smallest absolute Gasteiger partial charge is 0.160 e. The molecule has 0 aliphatic heterocycles. The first-order chi connectivity index (χ1) is 8.84. The monoisotopic (exact) mass is 353 g/mol. The minimum Gasteiger partial charge on any atom is -0.777 e. The summed E-state index contributed by atoms with van der Waals surface area (Å²) in [7, 11) is -4.01. The van der Waals surface area contributed by atoms with Gasteiger partial charge in [-0.15, -0.1) is 34.8 Å². The third kappa shape index (κ3) is 9.52. The molecule has 116 valence electrons. The van der Waals surface area contributed by atoms with Crippen molar-refractivity contribution >= 4 is 42.4 Å². The van der Waals surface area contributed by atoms with Gasteiger partial charge in [-0.25, -0.2) is 0 Å². The predicted molar refractivity (Wildman–Crippen MR) is 78.5 cm³/mol. The average molecular weight is 355 g/mol. The lowest BCUT2D eigenvalue weighted by molar-refractivity contribution is -0.203. The van der Waals surface area contributed by atoms with E-state index in [1.807, 2.05) is 13.8 Å². The first kappa shape index (κ1) is 20.0. The summed E-state index contributed by atoms with van der Waals surface area (Å²) < 4.78 is 21.3.